The van der Waals surface area contributed by atoms with Crippen molar-refractivity contribution < 1.29 is 9.18 Å². The summed E-state index contributed by atoms with van der Waals surface area (Å²) in [6.07, 6.45) is 1.06. The second-order valence-corrected chi connectivity index (χ2v) is 3.99. The largest absolute Gasteiger partial charge is 0.351 e. The van der Waals surface area contributed by atoms with Gasteiger partial charge in [-0.15, -0.1) is 12.4 Å². The van der Waals surface area contributed by atoms with Crippen molar-refractivity contribution in [2.24, 2.45) is 0 Å². The van der Waals surface area contributed by atoms with Crippen molar-refractivity contribution in [2.75, 3.05) is 19.6 Å². The molecule has 0 fully saturated rings. The van der Waals surface area contributed by atoms with E-state index in [0.29, 0.717) is 13.1 Å². The van der Waals surface area contributed by atoms with E-state index in [0.717, 1.165) is 18.5 Å². The maximum atomic E-state index is 13.4. The number of halogens is 2. The van der Waals surface area contributed by atoms with E-state index in [4.69, 9.17) is 0 Å². The Kier molecular flexibility index (Phi) is 8.33. The summed E-state index contributed by atoms with van der Waals surface area (Å²) in [5.74, 6) is -0.834. The number of carbonyl (C=O) groups is 1. The molecular weight excluding hydrogens is 255 g/mol. The van der Waals surface area contributed by atoms with Crippen molar-refractivity contribution in [1.82, 2.24) is 10.6 Å². The lowest BCUT2D eigenvalue weighted by Gasteiger charge is -2.07. The highest BCUT2D eigenvalue weighted by molar-refractivity contribution is 5.94. The van der Waals surface area contributed by atoms with Gasteiger partial charge in [0.15, 0.2) is 0 Å². The second-order valence-electron chi connectivity index (χ2n) is 3.99. The second kappa shape index (κ2) is 8.89. The van der Waals surface area contributed by atoms with Crippen molar-refractivity contribution in [3.05, 3.63) is 35.1 Å². The standard InChI is InChI=1S/C13H19FN2O.ClH/c1-3-6-15-7-8-16-13(17)11-9-10(2)4-5-12(11)14;/h4-5,9,15H,3,6-8H2,1-2H3,(H,16,17);1H. The molecule has 1 aromatic rings. The zero-order valence-electron chi connectivity index (χ0n) is 10.8. The van der Waals surface area contributed by atoms with Crippen LogP contribution in [-0.2, 0) is 0 Å². The molecule has 1 amide bonds. The number of hydrogen-bond donors (Lipinski definition) is 2. The highest BCUT2D eigenvalue weighted by atomic mass is 35.5. The van der Waals surface area contributed by atoms with Crippen LogP contribution in [0.1, 0.15) is 29.3 Å². The third-order valence-electron chi connectivity index (χ3n) is 2.38. The lowest BCUT2D eigenvalue weighted by Crippen LogP contribution is -2.32. The molecule has 2 N–H and O–H groups in total. The first-order valence-electron chi connectivity index (χ1n) is 5.90. The number of benzene rings is 1. The molecule has 0 saturated carbocycles. The Morgan fingerprint density at radius 3 is 2.67 bits per heavy atom. The zero-order valence-corrected chi connectivity index (χ0v) is 11.6. The van der Waals surface area contributed by atoms with E-state index in [9.17, 15) is 9.18 Å². The number of aryl methyl sites for hydroxylation is 1. The summed E-state index contributed by atoms with van der Waals surface area (Å²) in [5, 5.41) is 5.84. The van der Waals surface area contributed by atoms with E-state index in [1.165, 1.54) is 6.07 Å². The number of hydrogen-bond acceptors (Lipinski definition) is 2. The van der Waals surface area contributed by atoms with Crippen LogP contribution in [0.15, 0.2) is 18.2 Å². The first-order chi connectivity index (χ1) is 8.15. The van der Waals surface area contributed by atoms with Crippen molar-refractivity contribution in [1.29, 1.82) is 0 Å². The molecule has 0 spiro atoms. The van der Waals surface area contributed by atoms with E-state index >= 15 is 0 Å². The monoisotopic (exact) mass is 274 g/mol. The Balaban J connectivity index is 0.00000289. The van der Waals surface area contributed by atoms with Gasteiger partial charge >= 0.3 is 0 Å². The highest BCUT2D eigenvalue weighted by Crippen LogP contribution is 2.09. The predicted molar refractivity (Wildman–Crippen MR) is 73.9 cm³/mol. The van der Waals surface area contributed by atoms with Crippen LogP contribution in [0, 0.1) is 12.7 Å². The van der Waals surface area contributed by atoms with E-state index in [-0.39, 0.29) is 23.9 Å². The number of nitrogens with one attached hydrogen (secondary N) is 2. The predicted octanol–water partition coefficient (Wildman–Crippen LogP) is 2.29. The van der Waals surface area contributed by atoms with Crippen LogP contribution in [0.5, 0.6) is 0 Å². The molecule has 0 aliphatic rings. The summed E-state index contributed by atoms with van der Waals surface area (Å²) in [4.78, 5) is 11.7. The highest BCUT2D eigenvalue weighted by Gasteiger charge is 2.10. The molecule has 0 unspecified atom stereocenters. The molecule has 0 aliphatic heterocycles. The number of amides is 1. The van der Waals surface area contributed by atoms with Crippen molar-refractivity contribution in [3.63, 3.8) is 0 Å². The number of rotatable bonds is 6. The summed E-state index contributed by atoms with van der Waals surface area (Å²) >= 11 is 0. The Morgan fingerprint density at radius 1 is 1.28 bits per heavy atom. The molecule has 0 atom stereocenters. The molecule has 0 heterocycles. The Labute approximate surface area is 114 Å². The third kappa shape index (κ3) is 5.47. The lowest BCUT2D eigenvalue weighted by molar-refractivity contribution is 0.0950. The smallest absolute Gasteiger partial charge is 0.254 e. The third-order valence-corrected chi connectivity index (χ3v) is 2.38. The van der Waals surface area contributed by atoms with Gasteiger partial charge in [0.2, 0.25) is 0 Å². The van der Waals surface area contributed by atoms with Gasteiger partial charge in [-0.05, 0) is 32.0 Å². The molecule has 102 valence electrons. The summed E-state index contributed by atoms with van der Waals surface area (Å²) in [6, 6.07) is 4.53. The molecule has 0 bridgehead atoms. The summed E-state index contributed by atoms with van der Waals surface area (Å²) in [5.41, 5.74) is 0.987. The van der Waals surface area contributed by atoms with Gasteiger partial charge in [-0.2, -0.15) is 0 Å². The van der Waals surface area contributed by atoms with Gasteiger partial charge < -0.3 is 10.6 Å². The molecule has 0 saturated heterocycles. The summed E-state index contributed by atoms with van der Waals surface area (Å²) in [6.45, 7) is 6.04. The first-order valence-corrected chi connectivity index (χ1v) is 5.90. The van der Waals surface area contributed by atoms with E-state index in [1.54, 1.807) is 12.1 Å². The van der Waals surface area contributed by atoms with Gasteiger partial charge in [0, 0.05) is 13.1 Å². The van der Waals surface area contributed by atoms with Gasteiger partial charge in [0.05, 0.1) is 5.56 Å². The molecule has 5 heteroatoms. The van der Waals surface area contributed by atoms with E-state index in [2.05, 4.69) is 17.6 Å². The van der Waals surface area contributed by atoms with Crippen LogP contribution >= 0.6 is 12.4 Å². The molecule has 0 aromatic heterocycles. The molecule has 0 aliphatic carbocycles. The Hall–Kier alpha value is -1.13. The van der Waals surface area contributed by atoms with Crippen LogP contribution in [0.2, 0.25) is 0 Å². The average Bonchev–Trinajstić information content (AvgIpc) is 2.32. The minimum absolute atomic E-state index is 0. The maximum absolute atomic E-state index is 13.4. The Bertz CT molecular complexity index is 385. The van der Waals surface area contributed by atoms with Crippen LogP contribution < -0.4 is 10.6 Å². The van der Waals surface area contributed by atoms with Gasteiger partial charge in [-0.3, -0.25) is 4.79 Å². The molecule has 0 radical (unpaired) electrons. The maximum Gasteiger partial charge on any atom is 0.254 e. The van der Waals surface area contributed by atoms with Gasteiger partial charge in [0.1, 0.15) is 5.82 Å². The fourth-order valence-electron chi connectivity index (χ4n) is 1.47. The van der Waals surface area contributed by atoms with Crippen molar-refractivity contribution >= 4 is 18.3 Å². The Morgan fingerprint density at radius 2 is 2.00 bits per heavy atom. The van der Waals surface area contributed by atoms with Gasteiger partial charge in [-0.1, -0.05) is 18.6 Å². The minimum Gasteiger partial charge on any atom is -0.351 e. The molecule has 3 nitrogen and oxygen atoms in total. The minimum atomic E-state index is -0.477. The van der Waals surface area contributed by atoms with E-state index < -0.39 is 5.82 Å². The quantitative estimate of drug-likeness (QED) is 0.782. The van der Waals surface area contributed by atoms with Crippen molar-refractivity contribution in [3.8, 4) is 0 Å². The molecular formula is C13H20ClFN2O. The molecule has 18 heavy (non-hydrogen) atoms. The van der Waals surface area contributed by atoms with Crippen LogP contribution in [-0.4, -0.2) is 25.5 Å². The lowest BCUT2D eigenvalue weighted by atomic mass is 10.1. The van der Waals surface area contributed by atoms with E-state index in [1.807, 2.05) is 6.92 Å². The zero-order chi connectivity index (χ0) is 12.7. The van der Waals surface area contributed by atoms with Gasteiger partial charge in [0.25, 0.3) is 5.91 Å². The average molecular weight is 275 g/mol. The molecule has 1 aromatic carbocycles. The van der Waals surface area contributed by atoms with Gasteiger partial charge in [-0.25, -0.2) is 4.39 Å². The fourth-order valence-corrected chi connectivity index (χ4v) is 1.47. The topological polar surface area (TPSA) is 41.1 Å². The fraction of sp³-hybridized carbons (Fsp3) is 0.462. The van der Waals surface area contributed by atoms with Crippen LogP contribution in [0.3, 0.4) is 0 Å². The van der Waals surface area contributed by atoms with Crippen LogP contribution in [0.4, 0.5) is 4.39 Å². The number of carbonyl (C=O) groups excluding carboxylic acids is 1. The normalized spacial score (nSPS) is 9.72. The molecule has 1 rings (SSSR count). The SMILES string of the molecule is CCCNCCNC(=O)c1cc(C)ccc1F.Cl. The van der Waals surface area contributed by atoms with Crippen molar-refractivity contribution in [2.45, 2.75) is 20.3 Å². The summed E-state index contributed by atoms with van der Waals surface area (Å²) < 4.78 is 13.4. The first kappa shape index (κ1) is 16.9. The van der Waals surface area contributed by atoms with Crippen LogP contribution in [0.25, 0.3) is 0 Å². The summed E-state index contributed by atoms with van der Waals surface area (Å²) in [7, 11) is 0.